The van der Waals surface area contributed by atoms with Gasteiger partial charge in [0.25, 0.3) is 0 Å². The minimum Gasteiger partial charge on any atom is -0.0855 e. The summed E-state index contributed by atoms with van der Waals surface area (Å²) in [7, 11) is 6.67. The molecule has 0 heterocycles. The molecular formula is C24H21B. The van der Waals surface area contributed by atoms with Crippen molar-refractivity contribution in [1.82, 2.24) is 0 Å². The van der Waals surface area contributed by atoms with Crippen LogP contribution in [-0.2, 0) is 0 Å². The van der Waals surface area contributed by atoms with Crippen LogP contribution in [0.25, 0.3) is 32.7 Å². The lowest BCUT2D eigenvalue weighted by Crippen LogP contribution is -2.16. The molecule has 4 aromatic rings. The summed E-state index contributed by atoms with van der Waals surface area (Å²) in [5.41, 5.74) is 8.45. The van der Waals surface area contributed by atoms with E-state index < -0.39 is 0 Å². The fourth-order valence-corrected chi connectivity index (χ4v) is 3.95. The standard InChI is InChI=1S/C24H21B/c1-14-15(2)17(4)24(25)22(16(14)3)23-20-11-7-5-9-18(20)13-19-10-6-8-12-21(19)23/h5-13H,1-4H3. The first kappa shape index (κ1) is 16.0. The predicted molar refractivity (Wildman–Crippen MR) is 111 cm³/mol. The van der Waals surface area contributed by atoms with Gasteiger partial charge >= 0.3 is 0 Å². The molecule has 25 heavy (non-hydrogen) atoms. The lowest BCUT2D eigenvalue weighted by atomic mass is 9.75. The maximum Gasteiger partial charge on any atom is 0.115 e. The molecule has 0 saturated heterocycles. The van der Waals surface area contributed by atoms with Gasteiger partial charge in [0.1, 0.15) is 7.85 Å². The van der Waals surface area contributed by atoms with E-state index >= 15 is 0 Å². The van der Waals surface area contributed by atoms with Crippen molar-refractivity contribution in [3.05, 3.63) is 76.9 Å². The Bertz CT molecular complexity index is 1050. The summed E-state index contributed by atoms with van der Waals surface area (Å²) in [6.07, 6.45) is 0. The second kappa shape index (κ2) is 5.77. The summed E-state index contributed by atoms with van der Waals surface area (Å²) in [5, 5.41) is 5.04. The van der Waals surface area contributed by atoms with E-state index in [1.54, 1.807) is 0 Å². The molecule has 4 aromatic carbocycles. The Morgan fingerprint density at radius 1 is 0.560 bits per heavy atom. The van der Waals surface area contributed by atoms with Crippen molar-refractivity contribution < 1.29 is 0 Å². The molecule has 0 atom stereocenters. The number of rotatable bonds is 1. The lowest BCUT2D eigenvalue weighted by Gasteiger charge is -2.22. The van der Waals surface area contributed by atoms with Gasteiger partial charge in [-0.05, 0) is 83.1 Å². The van der Waals surface area contributed by atoms with Gasteiger partial charge in [0.05, 0.1) is 0 Å². The highest BCUT2D eigenvalue weighted by Crippen LogP contribution is 2.38. The molecule has 0 bridgehead atoms. The normalized spacial score (nSPS) is 11.4. The van der Waals surface area contributed by atoms with Gasteiger partial charge in [0.15, 0.2) is 0 Å². The fraction of sp³-hybridized carbons (Fsp3) is 0.167. The zero-order valence-corrected chi connectivity index (χ0v) is 15.3. The molecule has 2 radical (unpaired) electrons. The third kappa shape index (κ3) is 2.30. The van der Waals surface area contributed by atoms with Crippen LogP contribution in [0.2, 0.25) is 0 Å². The van der Waals surface area contributed by atoms with Crippen molar-refractivity contribution in [2.24, 2.45) is 0 Å². The largest absolute Gasteiger partial charge is 0.115 e. The predicted octanol–water partition coefficient (Wildman–Crippen LogP) is 5.69. The Morgan fingerprint density at radius 2 is 1.04 bits per heavy atom. The minimum absolute atomic E-state index is 0.905. The zero-order valence-electron chi connectivity index (χ0n) is 15.3. The van der Waals surface area contributed by atoms with Crippen LogP contribution in [0.5, 0.6) is 0 Å². The lowest BCUT2D eigenvalue weighted by molar-refractivity contribution is 1.24. The van der Waals surface area contributed by atoms with E-state index in [1.165, 1.54) is 54.9 Å². The van der Waals surface area contributed by atoms with Crippen LogP contribution >= 0.6 is 0 Å². The first-order valence-electron chi connectivity index (χ1n) is 8.77. The maximum atomic E-state index is 6.67. The quantitative estimate of drug-likeness (QED) is 0.312. The molecule has 0 N–H and O–H groups in total. The third-order valence-corrected chi connectivity index (χ3v) is 5.76. The van der Waals surface area contributed by atoms with E-state index in [-0.39, 0.29) is 0 Å². The molecule has 1 heteroatoms. The van der Waals surface area contributed by atoms with Crippen molar-refractivity contribution in [1.29, 1.82) is 0 Å². The van der Waals surface area contributed by atoms with Crippen LogP contribution in [0.4, 0.5) is 0 Å². The molecule has 4 rings (SSSR count). The van der Waals surface area contributed by atoms with Crippen molar-refractivity contribution in [3.63, 3.8) is 0 Å². The van der Waals surface area contributed by atoms with E-state index in [4.69, 9.17) is 7.85 Å². The molecule has 0 fully saturated rings. The number of benzene rings is 4. The van der Waals surface area contributed by atoms with E-state index in [0.29, 0.717) is 0 Å². The summed E-state index contributed by atoms with van der Waals surface area (Å²) in [4.78, 5) is 0. The van der Waals surface area contributed by atoms with Crippen molar-refractivity contribution in [2.45, 2.75) is 27.7 Å². The highest BCUT2D eigenvalue weighted by atomic mass is 14.2. The topological polar surface area (TPSA) is 0 Å². The van der Waals surface area contributed by atoms with E-state index in [0.717, 1.165) is 5.46 Å². The number of hydrogen-bond acceptors (Lipinski definition) is 0. The molecule has 0 aliphatic rings. The van der Waals surface area contributed by atoms with Gasteiger partial charge in [-0.3, -0.25) is 0 Å². The van der Waals surface area contributed by atoms with E-state index in [1.807, 2.05) is 0 Å². The monoisotopic (exact) mass is 320 g/mol. The van der Waals surface area contributed by atoms with E-state index in [9.17, 15) is 0 Å². The zero-order chi connectivity index (χ0) is 17.7. The second-order valence-corrected chi connectivity index (χ2v) is 6.98. The Balaban J connectivity index is 2.28. The van der Waals surface area contributed by atoms with Crippen LogP contribution in [0.15, 0.2) is 54.6 Å². The van der Waals surface area contributed by atoms with Gasteiger partial charge in [-0.15, -0.1) is 0 Å². The first-order valence-corrected chi connectivity index (χ1v) is 8.77. The number of fused-ring (bicyclic) bond motifs is 2. The van der Waals surface area contributed by atoms with Crippen LogP contribution in [-0.4, -0.2) is 7.85 Å². The van der Waals surface area contributed by atoms with Gasteiger partial charge in [0.2, 0.25) is 0 Å². The van der Waals surface area contributed by atoms with Gasteiger partial charge in [-0.25, -0.2) is 0 Å². The fourth-order valence-electron chi connectivity index (χ4n) is 3.95. The average molecular weight is 320 g/mol. The molecular weight excluding hydrogens is 299 g/mol. The molecule has 0 unspecified atom stereocenters. The molecule has 120 valence electrons. The molecule has 0 aromatic heterocycles. The van der Waals surface area contributed by atoms with Crippen molar-refractivity contribution in [3.8, 4) is 11.1 Å². The maximum absolute atomic E-state index is 6.67. The van der Waals surface area contributed by atoms with Gasteiger partial charge in [-0.2, -0.15) is 0 Å². The number of hydrogen-bond donors (Lipinski definition) is 0. The van der Waals surface area contributed by atoms with Crippen LogP contribution in [0, 0.1) is 27.7 Å². The summed E-state index contributed by atoms with van der Waals surface area (Å²) < 4.78 is 0. The van der Waals surface area contributed by atoms with Gasteiger partial charge < -0.3 is 0 Å². The smallest absolute Gasteiger partial charge is 0.0855 e. The molecule has 0 aliphatic carbocycles. The molecule has 0 amide bonds. The molecule has 0 nitrogen and oxygen atoms in total. The van der Waals surface area contributed by atoms with E-state index in [2.05, 4.69) is 82.3 Å². The minimum atomic E-state index is 0.905. The van der Waals surface area contributed by atoms with Gasteiger partial charge in [-0.1, -0.05) is 59.6 Å². The molecule has 0 spiro atoms. The van der Waals surface area contributed by atoms with Crippen LogP contribution in [0.1, 0.15) is 22.3 Å². The SMILES string of the molecule is [B]c1c(C)c(C)c(C)c(C)c1-c1c2ccccc2cc2ccccc12. The molecule has 0 saturated carbocycles. The Labute approximate surface area is 150 Å². The third-order valence-electron chi connectivity index (χ3n) is 5.76. The summed E-state index contributed by atoms with van der Waals surface area (Å²) >= 11 is 0. The van der Waals surface area contributed by atoms with Crippen LogP contribution < -0.4 is 5.46 Å². The highest BCUT2D eigenvalue weighted by molar-refractivity contribution is 6.39. The first-order chi connectivity index (χ1) is 12.0. The Hall–Kier alpha value is -2.54. The van der Waals surface area contributed by atoms with Crippen molar-refractivity contribution >= 4 is 34.9 Å². The Kier molecular flexibility index (Phi) is 3.69. The van der Waals surface area contributed by atoms with Crippen molar-refractivity contribution in [2.75, 3.05) is 0 Å². The van der Waals surface area contributed by atoms with Crippen LogP contribution in [0.3, 0.4) is 0 Å². The summed E-state index contributed by atoms with van der Waals surface area (Å²) in [6, 6.07) is 19.5. The van der Waals surface area contributed by atoms with Gasteiger partial charge in [0, 0.05) is 0 Å². The summed E-state index contributed by atoms with van der Waals surface area (Å²) in [6.45, 7) is 8.70. The second-order valence-electron chi connectivity index (χ2n) is 6.98. The molecule has 0 aliphatic heterocycles. The highest BCUT2D eigenvalue weighted by Gasteiger charge is 2.17. The average Bonchev–Trinajstić information content (AvgIpc) is 2.64. The summed E-state index contributed by atoms with van der Waals surface area (Å²) in [5.74, 6) is 0. The Morgan fingerprint density at radius 3 is 1.60 bits per heavy atom.